The maximum absolute atomic E-state index is 13.1. The summed E-state index contributed by atoms with van der Waals surface area (Å²) in [4.78, 5) is 52.9. The van der Waals surface area contributed by atoms with Crippen molar-refractivity contribution in [3.63, 3.8) is 0 Å². The number of rotatable bonds is 9. The molecule has 278 valence electrons. The van der Waals surface area contributed by atoms with Crippen molar-refractivity contribution < 1.29 is 14.4 Å². The molecule has 2 fully saturated rings. The van der Waals surface area contributed by atoms with Crippen LogP contribution in [0.25, 0.3) is 11.1 Å². The van der Waals surface area contributed by atoms with Crippen molar-refractivity contribution >= 4 is 40.8 Å². The molecule has 4 amide bonds. The number of hydrogen-bond donors (Lipinski definition) is 2. The van der Waals surface area contributed by atoms with E-state index in [-0.39, 0.29) is 23.5 Å². The minimum absolute atomic E-state index is 0.0138. The van der Waals surface area contributed by atoms with Gasteiger partial charge in [0.05, 0.1) is 10.7 Å². The first kappa shape index (κ1) is 41.6. The van der Waals surface area contributed by atoms with Gasteiger partial charge < -0.3 is 20.4 Å². The Morgan fingerprint density at radius 3 is 1.73 bits per heavy atom. The lowest BCUT2D eigenvalue weighted by molar-refractivity contribution is 0.101. The zero-order chi connectivity index (χ0) is 38.2. The molecule has 2 aliphatic rings. The normalized spacial score (nSPS) is 13.6. The number of hydrogen-bond acceptors (Lipinski definition) is 6. The number of carbonyl (C=O) groups is 3. The highest BCUT2D eigenvalue weighted by Crippen LogP contribution is 2.37. The van der Waals surface area contributed by atoms with E-state index in [0.29, 0.717) is 47.3 Å². The molecule has 2 saturated heterocycles. The van der Waals surface area contributed by atoms with Crippen LogP contribution < -0.4 is 10.6 Å². The van der Waals surface area contributed by atoms with Crippen LogP contribution in [0.15, 0.2) is 73.1 Å². The summed E-state index contributed by atoms with van der Waals surface area (Å²) in [6.07, 6.45) is 5.83. The molecule has 0 atom stereocenters. The van der Waals surface area contributed by atoms with E-state index in [1.54, 1.807) is 47.4 Å². The standard InChI is InChI=1S/C35H36ClN7O3.3C2H6/c1-23-26(7-5-9-28(23)39-33(44)30-14-12-25(20-38-30)22-43-18-17-41(2)35(43)46)27-8-6-10-29(32(27)36)40-34(45)31-13-11-24(19-37-31)21-42-15-3-4-16-42;3*1-2/h5-14,19-20H,3-4,15-18,21-22H2,1-2H3,(H,39,44)(H,40,45);3*1-2H3. The van der Waals surface area contributed by atoms with Crippen LogP contribution in [0.3, 0.4) is 0 Å². The lowest BCUT2D eigenvalue weighted by Gasteiger charge is -2.16. The quantitative estimate of drug-likeness (QED) is 0.178. The van der Waals surface area contributed by atoms with Gasteiger partial charge in [0.2, 0.25) is 0 Å². The number of halogens is 1. The minimum atomic E-state index is -0.352. The third-order valence-corrected chi connectivity index (χ3v) is 8.92. The number of nitrogens with zero attached hydrogens (tertiary/aromatic N) is 5. The van der Waals surface area contributed by atoms with E-state index < -0.39 is 0 Å². The van der Waals surface area contributed by atoms with Gasteiger partial charge in [-0.05, 0) is 79.4 Å². The molecular formula is C41H54ClN7O3. The molecule has 0 bridgehead atoms. The Hall–Kier alpha value is -4.80. The van der Waals surface area contributed by atoms with E-state index in [9.17, 15) is 14.4 Å². The van der Waals surface area contributed by atoms with E-state index in [1.807, 2.05) is 90.9 Å². The number of likely N-dealkylation sites (tertiary alicyclic amines) is 1. The molecule has 52 heavy (non-hydrogen) atoms. The van der Waals surface area contributed by atoms with E-state index >= 15 is 0 Å². The largest absolute Gasteiger partial charge is 0.326 e. The molecule has 0 aliphatic carbocycles. The van der Waals surface area contributed by atoms with E-state index in [1.165, 1.54) is 12.8 Å². The first-order valence-electron chi connectivity index (χ1n) is 18.4. The van der Waals surface area contributed by atoms with E-state index in [4.69, 9.17) is 11.6 Å². The number of urea groups is 1. The van der Waals surface area contributed by atoms with Crippen molar-refractivity contribution in [3.8, 4) is 11.1 Å². The Balaban J connectivity index is 0.00000116. The molecule has 2 N–H and O–H groups in total. The summed E-state index contributed by atoms with van der Waals surface area (Å²) in [5.74, 6) is -0.697. The molecule has 0 radical (unpaired) electrons. The molecule has 0 unspecified atom stereocenters. The number of aromatic nitrogens is 2. The Morgan fingerprint density at radius 2 is 1.21 bits per heavy atom. The molecule has 2 aromatic heterocycles. The van der Waals surface area contributed by atoms with Gasteiger partial charge >= 0.3 is 6.03 Å². The van der Waals surface area contributed by atoms with Gasteiger partial charge in [0, 0.05) is 56.9 Å². The summed E-state index contributed by atoms with van der Waals surface area (Å²) in [6, 6.07) is 18.2. The first-order chi connectivity index (χ1) is 25.3. The van der Waals surface area contributed by atoms with Crippen molar-refractivity contribution in [3.05, 3.63) is 106 Å². The van der Waals surface area contributed by atoms with Crippen LogP contribution in [-0.2, 0) is 13.1 Å². The highest BCUT2D eigenvalue weighted by atomic mass is 35.5. The van der Waals surface area contributed by atoms with Crippen LogP contribution in [0.2, 0.25) is 5.02 Å². The highest BCUT2D eigenvalue weighted by molar-refractivity contribution is 6.36. The molecule has 4 aromatic rings. The van der Waals surface area contributed by atoms with Gasteiger partial charge in [-0.1, -0.05) is 89.5 Å². The number of likely N-dealkylation sites (N-methyl/N-ethyl adjacent to an activating group) is 1. The number of benzene rings is 2. The molecule has 0 spiro atoms. The smallest absolute Gasteiger partial charge is 0.320 e. The zero-order valence-electron chi connectivity index (χ0n) is 31.9. The third-order valence-electron chi connectivity index (χ3n) is 8.51. The fourth-order valence-electron chi connectivity index (χ4n) is 5.85. The summed E-state index contributed by atoms with van der Waals surface area (Å²) in [5.41, 5.74) is 5.92. The van der Waals surface area contributed by atoms with E-state index in [0.717, 1.165) is 41.9 Å². The predicted octanol–water partition coefficient (Wildman–Crippen LogP) is 9.15. The minimum Gasteiger partial charge on any atom is -0.326 e. The Bertz CT molecular complexity index is 1760. The van der Waals surface area contributed by atoms with Crippen LogP contribution in [-0.4, -0.2) is 75.7 Å². The van der Waals surface area contributed by atoms with Gasteiger partial charge in [0.1, 0.15) is 11.4 Å². The molecule has 0 saturated carbocycles. The lowest BCUT2D eigenvalue weighted by Crippen LogP contribution is -2.29. The second-order valence-corrected chi connectivity index (χ2v) is 12.1. The van der Waals surface area contributed by atoms with Crippen LogP contribution in [0.1, 0.15) is 92.1 Å². The van der Waals surface area contributed by atoms with Crippen molar-refractivity contribution in [1.29, 1.82) is 0 Å². The highest BCUT2D eigenvalue weighted by Gasteiger charge is 2.25. The summed E-state index contributed by atoms with van der Waals surface area (Å²) in [7, 11) is 1.78. The predicted molar refractivity (Wildman–Crippen MR) is 213 cm³/mol. The van der Waals surface area contributed by atoms with Gasteiger partial charge in [-0.15, -0.1) is 0 Å². The Morgan fingerprint density at radius 1 is 0.692 bits per heavy atom. The molecule has 11 heteroatoms. The maximum atomic E-state index is 13.1. The molecule has 2 aliphatic heterocycles. The maximum Gasteiger partial charge on any atom is 0.320 e. The van der Waals surface area contributed by atoms with Gasteiger partial charge in [0.15, 0.2) is 0 Å². The van der Waals surface area contributed by atoms with Crippen molar-refractivity contribution in [2.45, 2.75) is 74.4 Å². The van der Waals surface area contributed by atoms with Crippen molar-refractivity contribution in [2.24, 2.45) is 0 Å². The number of pyridine rings is 2. The second kappa shape index (κ2) is 20.9. The third kappa shape index (κ3) is 10.6. The molecule has 6 rings (SSSR count). The van der Waals surface area contributed by atoms with E-state index in [2.05, 4.69) is 25.5 Å². The second-order valence-electron chi connectivity index (χ2n) is 11.8. The van der Waals surface area contributed by atoms with Crippen LogP contribution in [0, 0.1) is 6.92 Å². The van der Waals surface area contributed by atoms with Gasteiger partial charge in [-0.25, -0.2) is 4.79 Å². The first-order valence-corrected chi connectivity index (χ1v) is 18.8. The number of amides is 4. The molecule has 4 heterocycles. The monoisotopic (exact) mass is 727 g/mol. The number of anilines is 2. The molecular weight excluding hydrogens is 674 g/mol. The molecule has 10 nitrogen and oxygen atoms in total. The van der Waals surface area contributed by atoms with Crippen LogP contribution >= 0.6 is 11.6 Å². The fourth-order valence-corrected chi connectivity index (χ4v) is 6.12. The van der Waals surface area contributed by atoms with Crippen molar-refractivity contribution in [1.82, 2.24) is 24.7 Å². The van der Waals surface area contributed by atoms with Gasteiger partial charge in [-0.3, -0.25) is 24.5 Å². The average Bonchev–Trinajstić information content (AvgIpc) is 3.82. The number of nitrogens with one attached hydrogen (secondary N) is 2. The lowest BCUT2D eigenvalue weighted by atomic mass is 9.98. The van der Waals surface area contributed by atoms with Gasteiger partial charge in [0.25, 0.3) is 11.8 Å². The Labute approximate surface area is 314 Å². The van der Waals surface area contributed by atoms with Crippen LogP contribution in [0.5, 0.6) is 0 Å². The Kier molecular flexibility index (Phi) is 16.7. The topological polar surface area (TPSA) is 111 Å². The number of carbonyl (C=O) groups excluding carboxylic acids is 3. The van der Waals surface area contributed by atoms with Crippen molar-refractivity contribution in [2.75, 3.05) is 43.9 Å². The average molecular weight is 728 g/mol. The summed E-state index contributed by atoms with van der Waals surface area (Å²) >= 11 is 6.85. The summed E-state index contributed by atoms with van der Waals surface area (Å²) in [5, 5.41) is 6.25. The molecule has 2 aromatic carbocycles. The van der Waals surface area contributed by atoms with Crippen LogP contribution in [0.4, 0.5) is 16.2 Å². The van der Waals surface area contributed by atoms with Gasteiger partial charge in [-0.2, -0.15) is 0 Å². The fraction of sp³-hybridized carbons (Fsp3) is 0.390. The summed E-state index contributed by atoms with van der Waals surface area (Å²) in [6.45, 7) is 18.7. The SMILES string of the molecule is CC.CC.CC.Cc1c(NC(=O)c2ccc(CN3CCN(C)C3=O)cn2)cccc1-c1cccc(NC(=O)c2ccc(CN3CCCC3)cn2)c1Cl. The zero-order valence-corrected chi connectivity index (χ0v) is 32.7. The summed E-state index contributed by atoms with van der Waals surface area (Å²) < 4.78 is 0.